The number of aromatic amines is 1. The maximum absolute atomic E-state index is 12.5. The minimum Gasteiger partial charge on any atom is -0.310 e. The summed E-state index contributed by atoms with van der Waals surface area (Å²) in [6.45, 7) is 2.09. The average Bonchev–Trinajstić information content (AvgIpc) is 3.30. The molecular formula is C19H22N6OS. The van der Waals surface area contributed by atoms with Crippen LogP contribution >= 0.6 is 11.8 Å². The number of amides is 1. The van der Waals surface area contributed by atoms with Crippen molar-refractivity contribution in [2.45, 2.75) is 43.7 Å². The molecule has 0 spiro atoms. The fraction of sp³-hybridized carbons (Fsp3) is 0.368. The van der Waals surface area contributed by atoms with Gasteiger partial charge in [0.05, 0.1) is 17.1 Å². The predicted octanol–water partition coefficient (Wildman–Crippen LogP) is 3.55. The first kappa shape index (κ1) is 17.8. The van der Waals surface area contributed by atoms with E-state index in [0.29, 0.717) is 16.9 Å². The van der Waals surface area contributed by atoms with E-state index in [1.54, 1.807) is 0 Å². The number of para-hydroxylation sites is 1. The average molecular weight is 382 g/mol. The van der Waals surface area contributed by atoms with Gasteiger partial charge in [-0.25, -0.2) is 9.67 Å². The number of nitrogens with zero attached hydrogens (tertiary/aromatic N) is 4. The Labute approximate surface area is 162 Å². The molecule has 7 nitrogen and oxygen atoms in total. The van der Waals surface area contributed by atoms with Gasteiger partial charge in [0, 0.05) is 18.4 Å². The Morgan fingerprint density at radius 2 is 2.15 bits per heavy atom. The molecule has 2 N–H and O–H groups in total. The summed E-state index contributed by atoms with van der Waals surface area (Å²) in [6, 6.07) is 11.8. The third kappa shape index (κ3) is 4.39. The zero-order chi connectivity index (χ0) is 18.6. The van der Waals surface area contributed by atoms with E-state index < -0.39 is 0 Å². The summed E-state index contributed by atoms with van der Waals surface area (Å²) in [4.78, 5) is 16.8. The van der Waals surface area contributed by atoms with E-state index in [0.717, 1.165) is 30.0 Å². The van der Waals surface area contributed by atoms with Crippen LogP contribution in [-0.4, -0.2) is 36.6 Å². The standard InChI is InChI=1S/C19H22N6OS/c1-2-6-16-20-19(23-22-16)27-12-18(26)21-17-11-15(13-9-10-13)24-25(17)14-7-4-3-5-8-14/h3-5,7-8,11,13H,2,6,9-10,12H2,1H3,(H,21,26)(H,20,22,23). The quantitative estimate of drug-likeness (QED) is 0.582. The molecule has 1 saturated carbocycles. The Bertz CT molecular complexity index is 915. The van der Waals surface area contributed by atoms with Gasteiger partial charge in [-0.2, -0.15) is 5.10 Å². The number of benzene rings is 1. The van der Waals surface area contributed by atoms with Crippen molar-refractivity contribution >= 4 is 23.5 Å². The molecule has 1 fully saturated rings. The third-order valence-electron chi connectivity index (χ3n) is 4.32. The first-order chi connectivity index (χ1) is 13.2. The minimum atomic E-state index is -0.0960. The van der Waals surface area contributed by atoms with Gasteiger partial charge in [-0.05, 0) is 31.4 Å². The number of anilines is 1. The lowest BCUT2D eigenvalue weighted by Gasteiger charge is -2.08. The maximum atomic E-state index is 12.5. The molecule has 2 heterocycles. The molecule has 8 heteroatoms. The summed E-state index contributed by atoms with van der Waals surface area (Å²) in [6.07, 6.45) is 4.20. The monoisotopic (exact) mass is 382 g/mol. The molecule has 1 aliphatic carbocycles. The lowest BCUT2D eigenvalue weighted by molar-refractivity contribution is -0.113. The molecule has 27 heavy (non-hydrogen) atoms. The summed E-state index contributed by atoms with van der Waals surface area (Å²) in [5.41, 5.74) is 1.98. The van der Waals surface area contributed by atoms with Gasteiger partial charge >= 0.3 is 0 Å². The molecule has 140 valence electrons. The number of H-pyrrole nitrogens is 1. The summed E-state index contributed by atoms with van der Waals surface area (Å²) < 4.78 is 1.81. The summed E-state index contributed by atoms with van der Waals surface area (Å²) in [5, 5.41) is 15.3. The zero-order valence-electron chi connectivity index (χ0n) is 15.2. The number of nitrogens with one attached hydrogen (secondary N) is 2. The molecule has 2 aromatic heterocycles. The molecule has 1 aromatic carbocycles. The number of carbonyl (C=O) groups excluding carboxylic acids is 1. The second-order valence-electron chi connectivity index (χ2n) is 6.63. The molecule has 0 aliphatic heterocycles. The predicted molar refractivity (Wildman–Crippen MR) is 105 cm³/mol. The van der Waals surface area contributed by atoms with Gasteiger partial charge in [0.2, 0.25) is 11.1 Å². The third-order valence-corrected chi connectivity index (χ3v) is 5.17. The number of rotatable bonds is 8. The zero-order valence-corrected chi connectivity index (χ0v) is 16.0. The fourth-order valence-electron chi connectivity index (χ4n) is 2.83. The highest BCUT2D eigenvalue weighted by Gasteiger charge is 2.28. The number of aromatic nitrogens is 5. The van der Waals surface area contributed by atoms with Gasteiger partial charge < -0.3 is 5.32 Å². The van der Waals surface area contributed by atoms with Crippen LogP contribution in [0.2, 0.25) is 0 Å². The molecule has 1 amide bonds. The Morgan fingerprint density at radius 3 is 2.89 bits per heavy atom. The summed E-state index contributed by atoms with van der Waals surface area (Å²) in [7, 11) is 0. The van der Waals surface area contributed by atoms with Crippen molar-refractivity contribution in [1.29, 1.82) is 0 Å². The van der Waals surface area contributed by atoms with Crippen molar-refractivity contribution in [2.24, 2.45) is 0 Å². The second-order valence-corrected chi connectivity index (χ2v) is 7.57. The Hall–Kier alpha value is -2.61. The van der Waals surface area contributed by atoms with Crippen molar-refractivity contribution in [3.05, 3.63) is 47.9 Å². The van der Waals surface area contributed by atoms with Crippen LogP contribution in [0.4, 0.5) is 5.82 Å². The van der Waals surface area contributed by atoms with E-state index in [9.17, 15) is 4.79 Å². The van der Waals surface area contributed by atoms with Gasteiger partial charge in [-0.1, -0.05) is 36.9 Å². The van der Waals surface area contributed by atoms with Crippen LogP contribution in [0.3, 0.4) is 0 Å². The Balaban J connectivity index is 1.44. The lowest BCUT2D eigenvalue weighted by atomic mass is 10.3. The number of carbonyl (C=O) groups is 1. The van der Waals surface area contributed by atoms with Crippen LogP contribution in [0.15, 0.2) is 41.6 Å². The highest BCUT2D eigenvalue weighted by Crippen LogP contribution is 2.40. The minimum absolute atomic E-state index is 0.0960. The second kappa shape index (κ2) is 7.96. The van der Waals surface area contributed by atoms with Gasteiger partial charge in [-0.15, -0.1) is 5.10 Å². The van der Waals surface area contributed by atoms with Crippen LogP contribution in [0.25, 0.3) is 5.69 Å². The SMILES string of the molecule is CCCc1nc(SCC(=O)Nc2cc(C3CC3)nn2-c2ccccc2)n[nH]1. The topological polar surface area (TPSA) is 88.5 Å². The number of thioether (sulfide) groups is 1. The molecule has 0 unspecified atom stereocenters. The van der Waals surface area contributed by atoms with Crippen LogP contribution in [-0.2, 0) is 11.2 Å². The van der Waals surface area contributed by atoms with E-state index in [4.69, 9.17) is 5.10 Å². The van der Waals surface area contributed by atoms with E-state index in [1.807, 2.05) is 41.1 Å². The Morgan fingerprint density at radius 1 is 1.33 bits per heavy atom. The van der Waals surface area contributed by atoms with Crippen molar-refractivity contribution in [3.63, 3.8) is 0 Å². The van der Waals surface area contributed by atoms with Crippen LogP contribution in [0, 0.1) is 0 Å². The number of hydrogen-bond acceptors (Lipinski definition) is 5. The van der Waals surface area contributed by atoms with Crippen LogP contribution in [0.1, 0.15) is 43.6 Å². The fourth-order valence-corrected chi connectivity index (χ4v) is 3.45. The van der Waals surface area contributed by atoms with Crippen molar-refractivity contribution in [3.8, 4) is 5.69 Å². The largest absolute Gasteiger partial charge is 0.310 e. The molecule has 0 radical (unpaired) electrons. The first-order valence-electron chi connectivity index (χ1n) is 9.22. The molecule has 0 bridgehead atoms. The van der Waals surface area contributed by atoms with Crippen molar-refractivity contribution in [1.82, 2.24) is 25.0 Å². The molecule has 1 aliphatic rings. The smallest absolute Gasteiger partial charge is 0.236 e. The molecule has 0 atom stereocenters. The Kier molecular flexibility index (Phi) is 5.24. The van der Waals surface area contributed by atoms with E-state index in [1.165, 1.54) is 24.6 Å². The molecule has 4 rings (SSSR count). The molecular weight excluding hydrogens is 360 g/mol. The highest BCUT2D eigenvalue weighted by atomic mass is 32.2. The lowest BCUT2D eigenvalue weighted by Crippen LogP contribution is -2.17. The van der Waals surface area contributed by atoms with Gasteiger partial charge in [0.1, 0.15) is 11.6 Å². The number of aryl methyl sites for hydroxylation is 1. The number of hydrogen-bond donors (Lipinski definition) is 2. The normalized spacial score (nSPS) is 13.7. The highest BCUT2D eigenvalue weighted by molar-refractivity contribution is 7.99. The summed E-state index contributed by atoms with van der Waals surface area (Å²) in [5.74, 6) is 2.24. The van der Waals surface area contributed by atoms with Gasteiger partial charge in [0.15, 0.2) is 0 Å². The summed E-state index contributed by atoms with van der Waals surface area (Å²) >= 11 is 1.33. The first-order valence-corrected chi connectivity index (χ1v) is 10.2. The van der Waals surface area contributed by atoms with Crippen molar-refractivity contribution < 1.29 is 4.79 Å². The van der Waals surface area contributed by atoms with E-state index in [2.05, 4.69) is 27.4 Å². The molecule has 0 saturated heterocycles. The van der Waals surface area contributed by atoms with Gasteiger partial charge in [0.25, 0.3) is 0 Å². The van der Waals surface area contributed by atoms with Gasteiger partial charge in [-0.3, -0.25) is 9.89 Å². The van der Waals surface area contributed by atoms with Crippen LogP contribution in [0.5, 0.6) is 0 Å². The van der Waals surface area contributed by atoms with Crippen LogP contribution < -0.4 is 5.32 Å². The van der Waals surface area contributed by atoms with Crippen molar-refractivity contribution in [2.75, 3.05) is 11.1 Å². The van der Waals surface area contributed by atoms with E-state index >= 15 is 0 Å². The molecule has 3 aromatic rings. The maximum Gasteiger partial charge on any atom is 0.236 e. The van der Waals surface area contributed by atoms with E-state index in [-0.39, 0.29) is 11.7 Å².